The third-order valence-corrected chi connectivity index (χ3v) is 8.05. The van der Waals surface area contributed by atoms with Crippen LogP contribution < -0.4 is 0 Å². The second-order valence-corrected chi connectivity index (χ2v) is 11.2. The molecule has 2 aliphatic rings. The Bertz CT molecular complexity index is 722. The maximum atomic E-state index is 13.1. The molecule has 0 amide bonds. The number of carbonyl (C=O) groups is 1. The standard InChI is InChI=1S/C24H36F6O3/c1-19(2,32)11-6-12-20(3,13-7-15-22(33,23(25,26)27)24(28,29)30)18-10-9-16-17(31)8-5-14-21(16,18)4/h7,15-16,18,32-33H,5-6,8-14H2,1-4H3/b15-7-/t16?,18-,20-,21?/m1/s1. The Morgan fingerprint density at radius 3 is 2.09 bits per heavy atom. The normalized spacial score (nSPS) is 29.4. The van der Waals surface area contributed by atoms with Gasteiger partial charge in [-0.3, -0.25) is 4.79 Å². The number of carbonyl (C=O) groups excluding carboxylic acids is 1. The summed E-state index contributed by atoms with van der Waals surface area (Å²) in [6.45, 7) is 7.15. The van der Waals surface area contributed by atoms with Gasteiger partial charge in [-0.25, -0.2) is 0 Å². The zero-order valence-corrected chi connectivity index (χ0v) is 19.7. The lowest BCUT2D eigenvalue weighted by Gasteiger charge is -2.48. The van der Waals surface area contributed by atoms with E-state index in [1.807, 2.05) is 13.8 Å². The molecule has 0 aromatic rings. The van der Waals surface area contributed by atoms with Crippen molar-refractivity contribution in [2.45, 2.75) is 109 Å². The first kappa shape index (κ1) is 28.1. The van der Waals surface area contributed by atoms with Crippen LogP contribution in [0.1, 0.15) is 85.5 Å². The van der Waals surface area contributed by atoms with Crippen LogP contribution in [0.2, 0.25) is 0 Å². The van der Waals surface area contributed by atoms with Gasteiger partial charge in [-0.15, -0.1) is 0 Å². The summed E-state index contributed by atoms with van der Waals surface area (Å²) in [5, 5.41) is 19.6. The predicted octanol–water partition coefficient (Wildman–Crippen LogP) is 6.52. The van der Waals surface area contributed by atoms with E-state index in [4.69, 9.17) is 0 Å². The zero-order valence-electron chi connectivity index (χ0n) is 19.7. The Balaban J connectivity index is 2.36. The lowest BCUT2D eigenvalue weighted by atomic mass is 9.56. The van der Waals surface area contributed by atoms with Crippen molar-refractivity contribution in [3.05, 3.63) is 12.2 Å². The van der Waals surface area contributed by atoms with E-state index in [-0.39, 0.29) is 35.5 Å². The van der Waals surface area contributed by atoms with Gasteiger partial charge in [-0.2, -0.15) is 26.3 Å². The van der Waals surface area contributed by atoms with Crippen LogP contribution >= 0.6 is 0 Å². The van der Waals surface area contributed by atoms with Crippen molar-refractivity contribution in [2.75, 3.05) is 0 Å². The average Bonchev–Trinajstić information content (AvgIpc) is 2.97. The highest BCUT2D eigenvalue weighted by Crippen LogP contribution is 2.61. The molecule has 0 saturated heterocycles. The minimum atomic E-state index is -5.90. The van der Waals surface area contributed by atoms with E-state index in [1.54, 1.807) is 13.8 Å². The molecule has 4 atom stereocenters. The summed E-state index contributed by atoms with van der Waals surface area (Å²) in [6.07, 6.45) is -6.52. The fourth-order valence-corrected chi connectivity index (χ4v) is 6.27. The third kappa shape index (κ3) is 5.77. The highest BCUT2D eigenvalue weighted by molar-refractivity contribution is 5.83. The van der Waals surface area contributed by atoms with Gasteiger partial charge in [0.25, 0.3) is 5.60 Å². The number of hydrogen-bond donors (Lipinski definition) is 2. The molecular weight excluding hydrogens is 450 g/mol. The van der Waals surface area contributed by atoms with Gasteiger partial charge in [0.05, 0.1) is 5.60 Å². The number of aliphatic hydroxyl groups is 2. The van der Waals surface area contributed by atoms with Gasteiger partial charge in [-0.1, -0.05) is 26.3 Å². The highest BCUT2D eigenvalue weighted by atomic mass is 19.4. The molecule has 33 heavy (non-hydrogen) atoms. The summed E-state index contributed by atoms with van der Waals surface area (Å²) >= 11 is 0. The molecule has 2 aliphatic carbocycles. The maximum absolute atomic E-state index is 13.1. The summed E-state index contributed by atoms with van der Waals surface area (Å²) < 4.78 is 78.6. The van der Waals surface area contributed by atoms with Crippen LogP contribution in [-0.4, -0.2) is 39.6 Å². The van der Waals surface area contributed by atoms with Gasteiger partial charge in [-0.05, 0) is 81.6 Å². The van der Waals surface area contributed by atoms with Gasteiger partial charge in [0.15, 0.2) is 0 Å². The Morgan fingerprint density at radius 1 is 1.00 bits per heavy atom. The lowest BCUT2D eigenvalue weighted by Crippen LogP contribution is -2.55. The number of halogens is 6. The van der Waals surface area contributed by atoms with Crippen LogP contribution in [0, 0.1) is 22.7 Å². The molecule has 192 valence electrons. The topological polar surface area (TPSA) is 57.5 Å². The molecule has 0 radical (unpaired) electrons. The van der Waals surface area contributed by atoms with E-state index in [2.05, 4.69) is 0 Å². The quantitative estimate of drug-likeness (QED) is 0.303. The van der Waals surface area contributed by atoms with Gasteiger partial charge in [0, 0.05) is 12.3 Å². The molecule has 9 heteroatoms. The summed E-state index contributed by atoms with van der Waals surface area (Å²) in [7, 11) is 0. The fourth-order valence-electron chi connectivity index (χ4n) is 6.27. The van der Waals surface area contributed by atoms with Crippen LogP contribution in [0.4, 0.5) is 26.3 Å². The Hall–Kier alpha value is -1.09. The Morgan fingerprint density at radius 2 is 1.58 bits per heavy atom. The van der Waals surface area contributed by atoms with Gasteiger partial charge >= 0.3 is 12.4 Å². The van der Waals surface area contributed by atoms with E-state index in [9.17, 15) is 41.4 Å². The molecule has 0 spiro atoms. The second kappa shape index (κ2) is 9.17. The molecule has 0 aromatic heterocycles. The van der Waals surface area contributed by atoms with Crippen LogP contribution in [0.3, 0.4) is 0 Å². The SMILES string of the molecule is CC(C)(O)CCC[C@](C)(C/C=C\C(O)(C(F)(F)F)C(F)(F)F)[C@H]1CCC2C(=O)CCCC21C. The van der Waals surface area contributed by atoms with Crippen molar-refractivity contribution in [2.24, 2.45) is 22.7 Å². The first-order valence-electron chi connectivity index (χ1n) is 11.6. The largest absolute Gasteiger partial charge is 0.429 e. The van der Waals surface area contributed by atoms with E-state index < -0.39 is 29.0 Å². The summed E-state index contributed by atoms with van der Waals surface area (Å²) in [6, 6.07) is 0. The fraction of sp³-hybridized carbons (Fsp3) is 0.875. The van der Waals surface area contributed by atoms with Crippen LogP contribution in [0.25, 0.3) is 0 Å². The first-order chi connectivity index (χ1) is 14.8. The average molecular weight is 487 g/mol. The molecule has 0 aromatic carbocycles. The molecule has 2 saturated carbocycles. The Labute approximate surface area is 191 Å². The minimum Gasteiger partial charge on any atom is -0.390 e. The molecular formula is C24H36F6O3. The number of ketones is 1. The minimum absolute atomic E-state index is 0.0735. The molecule has 3 nitrogen and oxygen atoms in total. The summed E-state index contributed by atoms with van der Waals surface area (Å²) in [4.78, 5) is 12.5. The molecule has 2 N–H and O–H groups in total. The summed E-state index contributed by atoms with van der Waals surface area (Å²) in [5.41, 5.74) is -6.93. The van der Waals surface area contributed by atoms with Gasteiger partial charge < -0.3 is 10.2 Å². The molecule has 2 unspecified atom stereocenters. The van der Waals surface area contributed by atoms with Crippen molar-refractivity contribution >= 4 is 5.78 Å². The highest BCUT2D eigenvalue weighted by Gasteiger charge is 2.69. The first-order valence-corrected chi connectivity index (χ1v) is 11.6. The van der Waals surface area contributed by atoms with Crippen molar-refractivity contribution in [1.82, 2.24) is 0 Å². The number of rotatable bonds is 8. The van der Waals surface area contributed by atoms with E-state index in [0.717, 1.165) is 18.9 Å². The van der Waals surface area contributed by atoms with Gasteiger partial charge in [0.2, 0.25) is 0 Å². The molecule has 0 aliphatic heterocycles. The number of hydrogen-bond acceptors (Lipinski definition) is 3. The van der Waals surface area contributed by atoms with Gasteiger partial charge in [0.1, 0.15) is 5.78 Å². The van der Waals surface area contributed by atoms with Crippen LogP contribution in [-0.2, 0) is 4.79 Å². The second-order valence-electron chi connectivity index (χ2n) is 11.2. The molecule has 0 heterocycles. The smallest absolute Gasteiger partial charge is 0.390 e. The molecule has 2 rings (SSSR count). The zero-order chi connectivity index (χ0) is 25.5. The van der Waals surface area contributed by atoms with Crippen molar-refractivity contribution in [3.63, 3.8) is 0 Å². The van der Waals surface area contributed by atoms with Crippen LogP contribution in [0.15, 0.2) is 12.2 Å². The third-order valence-electron chi connectivity index (χ3n) is 8.05. The van der Waals surface area contributed by atoms with Crippen molar-refractivity contribution in [3.8, 4) is 0 Å². The number of fused-ring (bicyclic) bond motifs is 1. The maximum Gasteiger partial charge on any atom is 0.429 e. The van der Waals surface area contributed by atoms with E-state index >= 15 is 0 Å². The van der Waals surface area contributed by atoms with E-state index in [1.165, 1.54) is 0 Å². The van der Waals surface area contributed by atoms with Crippen molar-refractivity contribution in [1.29, 1.82) is 0 Å². The Kier molecular flexibility index (Phi) is 7.82. The number of allylic oxidation sites excluding steroid dienone is 1. The molecule has 2 fully saturated rings. The molecule has 0 bridgehead atoms. The van der Waals surface area contributed by atoms with E-state index in [0.29, 0.717) is 38.5 Å². The predicted molar refractivity (Wildman–Crippen MR) is 112 cm³/mol. The van der Waals surface area contributed by atoms with Crippen molar-refractivity contribution < 1.29 is 41.4 Å². The number of Topliss-reactive ketones (excluding diaryl/α,β-unsaturated/α-hetero) is 1. The monoisotopic (exact) mass is 486 g/mol. The van der Waals surface area contributed by atoms with Crippen LogP contribution in [0.5, 0.6) is 0 Å². The lowest BCUT2D eigenvalue weighted by molar-refractivity contribution is -0.347. The number of alkyl halides is 6. The summed E-state index contributed by atoms with van der Waals surface area (Å²) in [5.74, 6) is -0.0316.